The van der Waals surface area contributed by atoms with Gasteiger partial charge in [-0.05, 0) is 67.8 Å². The molecule has 1 aliphatic rings. The first-order valence-electron chi connectivity index (χ1n) is 8.74. The Morgan fingerprint density at radius 2 is 2.00 bits per heavy atom. The second-order valence-corrected chi connectivity index (χ2v) is 8.49. The Labute approximate surface area is 161 Å². The van der Waals surface area contributed by atoms with Gasteiger partial charge in [0.25, 0.3) is 0 Å². The number of aryl methyl sites for hydroxylation is 1. The van der Waals surface area contributed by atoms with Crippen LogP contribution < -0.4 is 5.32 Å². The van der Waals surface area contributed by atoms with Crippen LogP contribution in [0.15, 0.2) is 59.6 Å². The normalized spacial score (nSPS) is 17.3. The van der Waals surface area contributed by atoms with Crippen LogP contribution in [0.3, 0.4) is 0 Å². The number of nitrogens with zero attached hydrogens (tertiary/aromatic N) is 1. The summed E-state index contributed by atoms with van der Waals surface area (Å²) in [6.07, 6.45) is 4.12. The molecule has 1 aliphatic carbocycles. The molecule has 0 fully saturated rings. The molecule has 3 aromatic rings. The average molecular weight is 385 g/mol. The summed E-state index contributed by atoms with van der Waals surface area (Å²) in [4.78, 5) is 0.709. The van der Waals surface area contributed by atoms with Gasteiger partial charge in [0, 0.05) is 17.3 Å². The molecule has 0 bridgehead atoms. The van der Waals surface area contributed by atoms with Crippen molar-refractivity contribution in [3.63, 3.8) is 0 Å². The minimum atomic E-state index is -1.35. The molecule has 0 saturated heterocycles. The number of aromatic nitrogens is 1. The average Bonchev–Trinajstić information content (AvgIpc) is 3.19. The molecule has 2 aromatic carbocycles. The first kappa shape index (κ1) is 17.5. The van der Waals surface area contributed by atoms with E-state index >= 15 is 0 Å². The van der Waals surface area contributed by atoms with Crippen LogP contribution in [0.2, 0.25) is 5.02 Å². The predicted molar refractivity (Wildman–Crippen MR) is 108 cm³/mol. The van der Waals surface area contributed by atoms with Gasteiger partial charge in [0.1, 0.15) is 0 Å². The van der Waals surface area contributed by atoms with Crippen LogP contribution >= 0.6 is 11.6 Å². The van der Waals surface area contributed by atoms with Crippen molar-refractivity contribution in [2.75, 3.05) is 7.05 Å². The number of hydrogen-bond donors (Lipinski definition) is 1. The highest BCUT2D eigenvalue weighted by molar-refractivity contribution is 7.83. The molecule has 1 N–H and O–H groups in total. The van der Waals surface area contributed by atoms with Crippen LogP contribution in [0.4, 0.5) is 0 Å². The van der Waals surface area contributed by atoms with E-state index in [1.165, 1.54) is 16.7 Å². The zero-order valence-corrected chi connectivity index (χ0v) is 16.4. The number of hydrogen-bond acceptors (Lipinski definition) is 2. The van der Waals surface area contributed by atoms with Gasteiger partial charge in [-0.15, -0.1) is 0 Å². The molecule has 2 atom stereocenters. The number of rotatable bonds is 4. The van der Waals surface area contributed by atoms with Crippen molar-refractivity contribution < 1.29 is 4.21 Å². The zero-order valence-electron chi connectivity index (χ0n) is 14.8. The van der Waals surface area contributed by atoms with Crippen molar-refractivity contribution in [3.8, 4) is 11.3 Å². The van der Waals surface area contributed by atoms with Gasteiger partial charge in [-0.1, -0.05) is 41.4 Å². The maximum absolute atomic E-state index is 13.4. The Kier molecular flexibility index (Phi) is 4.74. The van der Waals surface area contributed by atoms with Crippen LogP contribution in [0.25, 0.3) is 11.3 Å². The van der Waals surface area contributed by atoms with E-state index in [4.69, 9.17) is 11.6 Å². The summed E-state index contributed by atoms with van der Waals surface area (Å²) in [5.41, 5.74) is 5.91. The molecule has 4 rings (SSSR count). The van der Waals surface area contributed by atoms with Gasteiger partial charge in [-0.3, -0.25) is 3.97 Å². The third-order valence-corrected chi connectivity index (χ3v) is 6.52. The molecule has 1 heterocycles. The topological polar surface area (TPSA) is 34.0 Å². The van der Waals surface area contributed by atoms with Crippen molar-refractivity contribution in [1.29, 1.82) is 0 Å². The largest absolute Gasteiger partial charge is 0.313 e. The van der Waals surface area contributed by atoms with Crippen LogP contribution in [0.5, 0.6) is 0 Å². The van der Waals surface area contributed by atoms with Crippen molar-refractivity contribution in [2.45, 2.75) is 30.7 Å². The van der Waals surface area contributed by atoms with E-state index in [0.717, 1.165) is 24.1 Å². The van der Waals surface area contributed by atoms with Crippen molar-refractivity contribution in [3.05, 3.63) is 76.4 Å². The molecular formula is C21H21ClN2OS. The summed E-state index contributed by atoms with van der Waals surface area (Å²) in [6, 6.07) is 16.0. The van der Waals surface area contributed by atoms with Crippen LogP contribution in [0, 0.1) is 6.92 Å². The summed E-state index contributed by atoms with van der Waals surface area (Å²) in [7, 11) is 0.638. The van der Waals surface area contributed by atoms with E-state index < -0.39 is 11.0 Å². The minimum absolute atomic E-state index is 0.311. The number of halogens is 1. The first-order valence-corrected chi connectivity index (χ1v) is 10.2. The fourth-order valence-corrected chi connectivity index (χ4v) is 5.25. The van der Waals surface area contributed by atoms with E-state index in [1.54, 1.807) is 12.1 Å². The van der Waals surface area contributed by atoms with Crippen LogP contribution in [0.1, 0.15) is 29.2 Å². The van der Waals surface area contributed by atoms with E-state index in [-0.39, 0.29) is 0 Å². The summed E-state index contributed by atoms with van der Waals surface area (Å²) < 4.78 is 15.3. The Hall–Kier alpha value is -1.88. The van der Waals surface area contributed by atoms with Gasteiger partial charge >= 0.3 is 0 Å². The standard InChI is InChI=1S/C21H21ClN2OS/c1-14-5-3-6-15(11-14)21-18-9-10-20(23-2)19(18)13-24(21)26(25)17-8-4-7-16(22)12-17/h3-8,11-13,20,23H,9-10H2,1-2H3. The lowest BCUT2D eigenvalue weighted by molar-refractivity contribution is 0.587. The second kappa shape index (κ2) is 7.03. The lowest BCUT2D eigenvalue weighted by atomic mass is 10.0. The van der Waals surface area contributed by atoms with Crippen LogP contribution in [-0.2, 0) is 17.4 Å². The molecule has 0 radical (unpaired) electrons. The number of nitrogens with one attached hydrogen (secondary N) is 1. The molecular weight excluding hydrogens is 364 g/mol. The van der Waals surface area contributed by atoms with E-state index in [0.29, 0.717) is 16.0 Å². The highest BCUT2D eigenvalue weighted by Gasteiger charge is 2.29. The first-order chi connectivity index (χ1) is 12.6. The van der Waals surface area contributed by atoms with Gasteiger partial charge in [-0.25, -0.2) is 4.21 Å². The number of fused-ring (bicyclic) bond motifs is 1. The Morgan fingerprint density at radius 1 is 1.19 bits per heavy atom. The minimum Gasteiger partial charge on any atom is -0.313 e. The third-order valence-electron chi connectivity index (χ3n) is 4.99. The van der Waals surface area contributed by atoms with Crippen LogP contribution in [-0.4, -0.2) is 15.2 Å². The SMILES string of the molecule is CNC1CCc2c1cn(S(=O)c1cccc(Cl)c1)c2-c1cccc(C)c1. The summed E-state index contributed by atoms with van der Waals surface area (Å²) >= 11 is 6.12. The maximum Gasteiger partial charge on any atom is 0.157 e. The van der Waals surface area contributed by atoms with Gasteiger partial charge in [0.2, 0.25) is 0 Å². The van der Waals surface area contributed by atoms with E-state index in [9.17, 15) is 4.21 Å². The maximum atomic E-state index is 13.4. The summed E-state index contributed by atoms with van der Waals surface area (Å²) in [6.45, 7) is 2.08. The lowest BCUT2D eigenvalue weighted by Gasteiger charge is -2.12. The van der Waals surface area contributed by atoms with Gasteiger partial charge < -0.3 is 5.32 Å². The molecule has 0 amide bonds. The van der Waals surface area contributed by atoms with Crippen molar-refractivity contribution in [2.24, 2.45) is 0 Å². The Bertz CT molecular complexity index is 995. The van der Waals surface area contributed by atoms with Gasteiger partial charge in [0.15, 0.2) is 11.0 Å². The Morgan fingerprint density at radius 3 is 2.73 bits per heavy atom. The predicted octanol–water partition coefficient (Wildman–Crippen LogP) is 4.89. The number of benzene rings is 2. The fraction of sp³-hybridized carbons (Fsp3) is 0.238. The summed E-state index contributed by atoms with van der Waals surface area (Å²) in [5.74, 6) is 0. The van der Waals surface area contributed by atoms with Gasteiger partial charge in [-0.2, -0.15) is 0 Å². The molecule has 5 heteroatoms. The fourth-order valence-electron chi connectivity index (χ4n) is 3.76. The molecule has 2 unspecified atom stereocenters. The Balaban J connectivity index is 1.90. The molecule has 134 valence electrons. The molecule has 3 nitrogen and oxygen atoms in total. The quantitative estimate of drug-likeness (QED) is 0.694. The lowest BCUT2D eigenvalue weighted by Crippen LogP contribution is -2.13. The molecule has 0 spiro atoms. The van der Waals surface area contributed by atoms with Crippen molar-refractivity contribution in [1.82, 2.24) is 9.29 Å². The van der Waals surface area contributed by atoms with E-state index in [2.05, 4.69) is 42.7 Å². The highest BCUT2D eigenvalue weighted by Crippen LogP contribution is 2.40. The molecule has 0 saturated carbocycles. The molecule has 1 aromatic heterocycles. The molecule has 0 aliphatic heterocycles. The summed E-state index contributed by atoms with van der Waals surface area (Å²) in [5, 5.41) is 3.98. The van der Waals surface area contributed by atoms with Gasteiger partial charge in [0.05, 0.1) is 10.6 Å². The zero-order chi connectivity index (χ0) is 18.3. The van der Waals surface area contributed by atoms with E-state index in [1.807, 2.05) is 23.2 Å². The highest BCUT2D eigenvalue weighted by atomic mass is 35.5. The molecule has 26 heavy (non-hydrogen) atoms. The second-order valence-electron chi connectivity index (χ2n) is 6.69. The smallest absolute Gasteiger partial charge is 0.157 e. The third kappa shape index (κ3) is 3.02. The monoisotopic (exact) mass is 384 g/mol. The van der Waals surface area contributed by atoms with Crippen molar-refractivity contribution >= 4 is 22.6 Å².